The van der Waals surface area contributed by atoms with Crippen LogP contribution in [0.3, 0.4) is 0 Å². The van der Waals surface area contributed by atoms with E-state index in [1.807, 2.05) is 13.8 Å². The van der Waals surface area contributed by atoms with Gasteiger partial charge in [0.2, 0.25) is 5.91 Å². The van der Waals surface area contributed by atoms with Crippen LogP contribution in [0.25, 0.3) is 0 Å². The zero-order chi connectivity index (χ0) is 20.8. The van der Waals surface area contributed by atoms with Gasteiger partial charge >= 0.3 is 0 Å². The SMILES string of the molecule is CC(C)NC(=O)[C@@H]1C[C@@H](NC(C)C)CN1CC(c1ccccc1)c1ccccc1. The van der Waals surface area contributed by atoms with Gasteiger partial charge in [-0.1, -0.05) is 74.5 Å². The molecule has 4 heteroatoms. The van der Waals surface area contributed by atoms with Gasteiger partial charge in [-0.2, -0.15) is 0 Å². The first-order valence-corrected chi connectivity index (χ1v) is 10.8. The van der Waals surface area contributed by atoms with Crippen molar-refractivity contribution in [3.05, 3.63) is 71.8 Å². The Morgan fingerprint density at radius 2 is 1.48 bits per heavy atom. The second-order valence-corrected chi connectivity index (χ2v) is 8.76. The molecule has 0 radical (unpaired) electrons. The number of hydrogen-bond donors (Lipinski definition) is 2. The van der Waals surface area contributed by atoms with Gasteiger partial charge < -0.3 is 10.6 Å². The summed E-state index contributed by atoms with van der Waals surface area (Å²) in [6.07, 6.45) is 0.854. The van der Waals surface area contributed by atoms with Crippen molar-refractivity contribution in [2.75, 3.05) is 13.1 Å². The second-order valence-electron chi connectivity index (χ2n) is 8.76. The monoisotopic (exact) mass is 393 g/mol. The number of hydrogen-bond acceptors (Lipinski definition) is 3. The van der Waals surface area contributed by atoms with Crippen molar-refractivity contribution in [1.82, 2.24) is 15.5 Å². The Hall–Kier alpha value is -2.17. The van der Waals surface area contributed by atoms with Crippen molar-refractivity contribution in [1.29, 1.82) is 0 Å². The predicted octanol–water partition coefficient (Wildman–Crippen LogP) is 3.78. The lowest BCUT2D eigenvalue weighted by molar-refractivity contribution is -0.126. The third kappa shape index (κ3) is 5.91. The molecule has 1 aliphatic rings. The highest BCUT2D eigenvalue weighted by Gasteiger charge is 2.38. The molecule has 29 heavy (non-hydrogen) atoms. The molecule has 0 aromatic heterocycles. The fourth-order valence-corrected chi connectivity index (χ4v) is 4.36. The molecular formula is C25H35N3O. The number of nitrogens with zero attached hydrogens (tertiary/aromatic N) is 1. The normalized spacial score (nSPS) is 20.0. The number of rotatable bonds is 8. The fourth-order valence-electron chi connectivity index (χ4n) is 4.36. The molecule has 1 heterocycles. The molecular weight excluding hydrogens is 358 g/mol. The highest BCUT2D eigenvalue weighted by molar-refractivity contribution is 5.82. The van der Waals surface area contributed by atoms with Gasteiger partial charge in [0, 0.05) is 37.1 Å². The third-order valence-corrected chi connectivity index (χ3v) is 5.53. The number of nitrogens with one attached hydrogen (secondary N) is 2. The van der Waals surface area contributed by atoms with E-state index in [-0.39, 0.29) is 23.9 Å². The Morgan fingerprint density at radius 1 is 0.931 bits per heavy atom. The smallest absolute Gasteiger partial charge is 0.237 e. The van der Waals surface area contributed by atoms with E-state index in [1.54, 1.807) is 0 Å². The van der Waals surface area contributed by atoms with Crippen LogP contribution in [-0.2, 0) is 4.79 Å². The molecule has 0 bridgehead atoms. The van der Waals surface area contributed by atoms with Crippen molar-refractivity contribution in [2.24, 2.45) is 0 Å². The zero-order valence-corrected chi connectivity index (χ0v) is 18.1. The Morgan fingerprint density at radius 3 is 1.97 bits per heavy atom. The van der Waals surface area contributed by atoms with E-state index >= 15 is 0 Å². The summed E-state index contributed by atoms with van der Waals surface area (Å²) in [6, 6.07) is 22.1. The van der Waals surface area contributed by atoms with Crippen LogP contribution in [0, 0.1) is 0 Å². The average molecular weight is 394 g/mol. The van der Waals surface area contributed by atoms with Gasteiger partial charge in [0.25, 0.3) is 0 Å². The lowest BCUT2D eigenvalue weighted by atomic mass is 9.90. The lowest BCUT2D eigenvalue weighted by Crippen LogP contribution is -2.46. The number of benzene rings is 2. The van der Waals surface area contributed by atoms with Crippen LogP contribution in [0.1, 0.15) is 51.2 Å². The maximum absolute atomic E-state index is 13.0. The highest BCUT2D eigenvalue weighted by atomic mass is 16.2. The molecule has 2 aromatic carbocycles. The molecule has 0 unspecified atom stereocenters. The second kappa shape index (κ2) is 10.0. The van der Waals surface area contributed by atoms with Gasteiger partial charge in [-0.25, -0.2) is 0 Å². The van der Waals surface area contributed by atoms with Gasteiger partial charge in [0.1, 0.15) is 0 Å². The number of carbonyl (C=O) groups is 1. The zero-order valence-electron chi connectivity index (χ0n) is 18.1. The summed E-state index contributed by atoms with van der Waals surface area (Å²) in [6.45, 7) is 10.1. The summed E-state index contributed by atoms with van der Waals surface area (Å²) in [5.41, 5.74) is 2.59. The van der Waals surface area contributed by atoms with E-state index < -0.39 is 0 Å². The van der Waals surface area contributed by atoms with Crippen LogP contribution in [0.4, 0.5) is 0 Å². The minimum absolute atomic E-state index is 0.0939. The van der Waals surface area contributed by atoms with Crippen LogP contribution >= 0.6 is 0 Å². The number of amides is 1. The minimum Gasteiger partial charge on any atom is -0.353 e. The van der Waals surface area contributed by atoms with E-state index in [0.29, 0.717) is 12.1 Å². The van der Waals surface area contributed by atoms with Gasteiger partial charge in [-0.05, 0) is 31.4 Å². The molecule has 4 nitrogen and oxygen atoms in total. The summed E-state index contributed by atoms with van der Waals surface area (Å²) in [5.74, 6) is 0.387. The van der Waals surface area contributed by atoms with Crippen LogP contribution in [0.5, 0.6) is 0 Å². The molecule has 1 amide bonds. The molecule has 2 aromatic rings. The molecule has 3 rings (SSSR count). The quantitative estimate of drug-likeness (QED) is 0.717. The van der Waals surface area contributed by atoms with Crippen LogP contribution in [0.2, 0.25) is 0 Å². The van der Waals surface area contributed by atoms with Crippen molar-refractivity contribution in [3.63, 3.8) is 0 Å². The van der Waals surface area contributed by atoms with E-state index in [4.69, 9.17) is 0 Å². The van der Waals surface area contributed by atoms with Crippen molar-refractivity contribution >= 4 is 5.91 Å². The lowest BCUT2D eigenvalue weighted by Gasteiger charge is -2.29. The third-order valence-electron chi connectivity index (χ3n) is 5.53. The average Bonchev–Trinajstić information content (AvgIpc) is 3.08. The molecule has 1 saturated heterocycles. The molecule has 2 N–H and O–H groups in total. The molecule has 2 atom stereocenters. The van der Waals surface area contributed by atoms with Gasteiger partial charge in [0.15, 0.2) is 0 Å². The molecule has 156 valence electrons. The summed E-state index contributed by atoms with van der Waals surface area (Å²) < 4.78 is 0. The molecule has 0 saturated carbocycles. The molecule has 1 fully saturated rings. The van der Waals surface area contributed by atoms with Crippen molar-refractivity contribution < 1.29 is 4.79 Å². The first-order chi connectivity index (χ1) is 13.9. The van der Waals surface area contributed by atoms with Crippen LogP contribution in [-0.4, -0.2) is 48.1 Å². The minimum atomic E-state index is -0.0939. The maximum Gasteiger partial charge on any atom is 0.237 e. The first kappa shape index (κ1) is 21.5. The standard InChI is InChI=1S/C25H35N3O/c1-18(2)26-22-15-24(25(29)27-19(3)4)28(16-22)17-23(20-11-7-5-8-12-20)21-13-9-6-10-14-21/h5-14,18-19,22-24,26H,15-17H2,1-4H3,(H,27,29)/t22-,24+/m1/s1. The fraction of sp³-hybridized carbons (Fsp3) is 0.480. The number of likely N-dealkylation sites (tertiary alicyclic amines) is 1. The Kier molecular flexibility index (Phi) is 7.45. The van der Waals surface area contributed by atoms with Crippen molar-refractivity contribution in [2.45, 2.75) is 64.2 Å². The van der Waals surface area contributed by atoms with E-state index in [1.165, 1.54) is 11.1 Å². The molecule has 0 aliphatic carbocycles. The van der Waals surface area contributed by atoms with Gasteiger partial charge in [0.05, 0.1) is 6.04 Å². The summed E-state index contributed by atoms with van der Waals surface area (Å²) in [4.78, 5) is 15.3. The Labute approximate surface area is 175 Å². The Balaban J connectivity index is 1.85. The van der Waals surface area contributed by atoms with Gasteiger partial charge in [-0.3, -0.25) is 9.69 Å². The summed E-state index contributed by atoms with van der Waals surface area (Å²) >= 11 is 0. The number of carbonyl (C=O) groups excluding carboxylic acids is 1. The molecule has 0 spiro atoms. The largest absolute Gasteiger partial charge is 0.353 e. The first-order valence-electron chi connectivity index (χ1n) is 10.8. The van der Waals surface area contributed by atoms with E-state index in [9.17, 15) is 4.79 Å². The molecule has 1 aliphatic heterocycles. The maximum atomic E-state index is 13.0. The van der Waals surface area contributed by atoms with E-state index in [0.717, 1.165) is 19.5 Å². The summed E-state index contributed by atoms with van der Waals surface area (Å²) in [5, 5.41) is 6.77. The summed E-state index contributed by atoms with van der Waals surface area (Å²) in [7, 11) is 0. The van der Waals surface area contributed by atoms with Crippen molar-refractivity contribution in [3.8, 4) is 0 Å². The predicted molar refractivity (Wildman–Crippen MR) is 120 cm³/mol. The topological polar surface area (TPSA) is 44.4 Å². The van der Waals surface area contributed by atoms with Gasteiger partial charge in [-0.15, -0.1) is 0 Å². The van der Waals surface area contributed by atoms with Crippen LogP contribution in [0.15, 0.2) is 60.7 Å². The van der Waals surface area contributed by atoms with E-state index in [2.05, 4.69) is 90.0 Å². The Bertz CT molecular complexity index is 721. The highest BCUT2D eigenvalue weighted by Crippen LogP contribution is 2.29. The van der Waals surface area contributed by atoms with Crippen LogP contribution < -0.4 is 10.6 Å².